The first kappa shape index (κ1) is 17.2. The molecule has 0 fully saturated rings. The molecule has 2 aromatic rings. The van der Waals surface area contributed by atoms with Crippen LogP contribution in [0.1, 0.15) is 24.2 Å². The van der Waals surface area contributed by atoms with Crippen LogP contribution in [0.25, 0.3) is 11.3 Å². The molecule has 0 saturated carbocycles. The summed E-state index contributed by atoms with van der Waals surface area (Å²) in [6.07, 6.45) is 0. The zero-order valence-corrected chi connectivity index (χ0v) is 13.2. The van der Waals surface area contributed by atoms with E-state index in [0.29, 0.717) is 5.56 Å². The van der Waals surface area contributed by atoms with Gasteiger partial charge in [0.15, 0.2) is 5.56 Å². The van der Waals surface area contributed by atoms with Crippen molar-refractivity contribution in [2.24, 2.45) is 0 Å². The Hall–Kier alpha value is -3.16. The van der Waals surface area contributed by atoms with Crippen molar-refractivity contribution in [1.29, 1.82) is 0 Å². The van der Waals surface area contributed by atoms with Crippen molar-refractivity contribution in [3.8, 4) is 11.3 Å². The first-order valence-corrected chi connectivity index (χ1v) is 7.28. The van der Waals surface area contributed by atoms with E-state index in [1.165, 1.54) is 0 Å². The molecule has 0 aliphatic heterocycles. The smallest absolute Gasteiger partial charge is 0.397 e. The molecule has 0 saturated heterocycles. The van der Waals surface area contributed by atoms with Crippen molar-refractivity contribution < 1.29 is 28.4 Å². The summed E-state index contributed by atoms with van der Waals surface area (Å²) in [5, 5.41) is 5.99. The van der Waals surface area contributed by atoms with Crippen LogP contribution in [0.3, 0.4) is 0 Å². The highest BCUT2D eigenvalue weighted by molar-refractivity contribution is 6.37. The molecule has 0 bridgehead atoms. The summed E-state index contributed by atoms with van der Waals surface area (Å²) in [7, 11) is 0. The van der Waals surface area contributed by atoms with Crippen molar-refractivity contribution in [2.45, 2.75) is 13.8 Å². The fourth-order valence-corrected chi connectivity index (χ4v) is 1.91. The molecular weight excluding hydrogens is 316 g/mol. The molecule has 1 heterocycles. The lowest BCUT2D eigenvalue weighted by Gasteiger charge is -2.05. The lowest BCUT2D eigenvalue weighted by molar-refractivity contribution is -0.152. The van der Waals surface area contributed by atoms with Crippen molar-refractivity contribution in [3.05, 3.63) is 35.9 Å². The van der Waals surface area contributed by atoms with E-state index in [2.05, 4.69) is 15.2 Å². The van der Waals surface area contributed by atoms with Gasteiger partial charge in [0.25, 0.3) is 0 Å². The van der Waals surface area contributed by atoms with Crippen molar-refractivity contribution in [3.63, 3.8) is 0 Å². The van der Waals surface area contributed by atoms with Crippen LogP contribution >= 0.6 is 0 Å². The Morgan fingerprint density at radius 2 is 1.75 bits per heavy atom. The molecule has 24 heavy (non-hydrogen) atoms. The minimum Gasteiger partial charge on any atom is -0.462 e. The topological polar surface area (TPSA) is 108 Å². The number of hydrogen-bond acceptors (Lipinski definition) is 7. The molecule has 0 aliphatic carbocycles. The first-order valence-electron chi connectivity index (χ1n) is 7.28. The number of rotatable bonds is 5. The standard InChI is InChI=1S/C16H16N2O6/c1-3-22-15(20)11-12(10-8-6-5-7-9-10)18-24-14(11)17-13(19)16(21)23-4-2/h5-9H,3-4H2,1-2H3,(H,17,19). The van der Waals surface area contributed by atoms with E-state index in [1.807, 2.05) is 0 Å². The molecule has 1 aromatic carbocycles. The predicted octanol–water partition coefficient (Wildman–Crippen LogP) is 2.02. The lowest BCUT2D eigenvalue weighted by Crippen LogP contribution is -2.25. The van der Waals surface area contributed by atoms with Crippen LogP contribution in [-0.4, -0.2) is 36.2 Å². The second-order valence-electron chi connectivity index (χ2n) is 4.50. The van der Waals surface area contributed by atoms with Gasteiger partial charge in [-0.1, -0.05) is 35.5 Å². The van der Waals surface area contributed by atoms with E-state index in [-0.39, 0.29) is 30.4 Å². The van der Waals surface area contributed by atoms with Gasteiger partial charge in [-0.2, -0.15) is 0 Å². The number of amides is 1. The van der Waals surface area contributed by atoms with Crippen LogP contribution < -0.4 is 5.32 Å². The van der Waals surface area contributed by atoms with Crippen LogP contribution in [-0.2, 0) is 19.1 Å². The maximum absolute atomic E-state index is 12.2. The molecule has 0 atom stereocenters. The van der Waals surface area contributed by atoms with Gasteiger partial charge in [-0.15, -0.1) is 0 Å². The molecule has 1 amide bonds. The Bertz CT molecular complexity index is 738. The lowest BCUT2D eigenvalue weighted by atomic mass is 10.1. The maximum Gasteiger partial charge on any atom is 0.397 e. The summed E-state index contributed by atoms with van der Waals surface area (Å²) in [4.78, 5) is 35.4. The van der Waals surface area contributed by atoms with Gasteiger partial charge < -0.3 is 14.0 Å². The number of esters is 2. The van der Waals surface area contributed by atoms with Gasteiger partial charge in [-0.25, -0.2) is 9.59 Å². The predicted molar refractivity (Wildman–Crippen MR) is 83.2 cm³/mol. The van der Waals surface area contributed by atoms with Gasteiger partial charge in [0.2, 0.25) is 5.88 Å². The molecule has 0 spiro atoms. The zero-order valence-electron chi connectivity index (χ0n) is 13.2. The number of nitrogens with one attached hydrogen (secondary N) is 1. The third-order valence-corrected chi connectivity index (χ3v) is 2.91. The molecule has 8 heteroatoms. The third kappa shape index (κ3) is 3.78. The highest BCUT2D eigenvalue weighted by atomic mass is 16.5. The van der Waals surface area contributed by atoms with Crippen LogP contribution in [0.15, 0.2) is 34.9 Å². The average Bonchev–Trinajstić information content (AvgIpc) is 2.99. The van der Waals surface area contributed by atoms with Crippen molar-refractivity contribution >= 4 is 23.7 Å². The number of hydrogen-bond donors (Lipinski definition) is 1. The number of carbonyl (C=O) groups is 3. The number of carbonyl (C=O) groups excluding carboxylic acids is 3. The quantitative estimate of drug-likeness (QED) is 0.659. The van der Waals surface area contributed by atoms with Crippen LogP contribution in [0.4, 0.5) is 5.88 Å². The molecule has 1 aromatic heterocycles. The maximum atomic E-state index is 12.2. The number of nitrogens with zero attached hydrogens (tertiary/aromatic N) is 1. The van der Waals surface area contributed by atoms with Crippen molar-refractivity contribution in [1.82, 2.24) is 5.16 Å². The second kappa shape index (κ2) is 7.91. The van der Waals surface area contributed by atoms with Crippen LogP contribution in [0.5, 0.6) is 0 Å². The Kier molecular flexibility index (Phi) is 5.67. The molecule has 0 unspecified atom stereocenters. The van der Waals surface area contributed by atoms with E-state index in [9.17, 15) is 14.4 Å². The van der Waals surface area contributed by atoms with E-state index in [1.54, 1.807) is 44.2 Å². The molecule has 1 N–H and O–H groups in total. The van der Waals surface area contributed by atoms with Gasteiger partial charge in [0.1, 0.15) is 5.69 Å². The largest absolute Gasteiger partial charge is 0.462 e. The monoisotopic (exact) mass is 332 g/mol. The Balaban J connectivity index is 2.38. The van der Waals surface area contributed by atoms with E-state index in [0.717, 1.165) is 0 Å². The summed E-state index contributed by atoms with van der Waals surface area (Å²) in [6, 6.07) is 8.76. The Morgan fingerprint density at radius 3 is 2.38 bits per heavy atom. The fourth-order valence-electron chi connectivity index (χ4n) is 1.91. The summed E-state index contributed by atoms with van der Waals surface area (Å²) < 4.78 is 14.6. The molecule has 0 aliphatic rings. The number of anilines is 1. The van der Waals surface area contributed by atoms with E-state index in [4.69, 9.17) is 9.26 Å². The molecule has 126 valence electrons. The molecule has 2 rings (SSSR count). The number of ether oxygens (including phenoxy) is 2. The Morgan fingerprint density at radius 1 is 1.08 bits per heavy atom. The zero-order chi connectivity index (χ0) is 17.5. The van der Waals surface area contributed by atoms with Gasteiger partial charge in [-0.05, 0) is 13.8 Å². The van der Waals surface area contributed by atoms with Crippen LogP contribution in [0, 0.1) is 0 Å². The number of benzene rings is 1. The first-order chi connectivity index (χ1) is 11.6. The normalized spacial score (nSPS) is 10.1. The van der Waals surface area contributed by atoms with Gasteiger partial charge in [0.05, 0.1) is 13.2 Å². The minimum atomic E-state index is -1.09. The van der Waals surface area contributed by atoms with Crippen molar-refractivity contribution in [2.75, 3.05) is 18.5 Å². The Labute approximate surface area is 137 Å². The van der Waals surface area contributed by atoms with Crippen LogP contribution in [0.2, 0.25) is 0 Å². The van der Waals surface area contributed by atoms with Gasteiger partial charge >= 0.3 is 17.8 Å². The second-order valence-corrected chi connectivity index (χ2v) is 4.50. The minimum absolute atomic E-state index is 0.0443. The average molecular weight is 332 g/mol. The highest BCUT2D eigenvalue weighted by Gasteiger charge is 2.28. The summed E-state index contributed by atoms with van der Waals surface area (Å²) in [5.41, 5.74) is 0.731. The summed E-state index contributed by atoms with van der Waals surface area (Å²) in [6.45, 7) is 3.38. The third-order valence-electron chi connectivity index (χ3n) is 2.91. The molecule has 8 nitrogen and oxygen atoms in total. The number of aromatic nitrogens is 1. The fraction of sp³-hybridized carbons (Fsp3) is 0.250. The van der Waals surface area contributed by atoms with E-state index >= 15 is 0 Å². The SMILES string of the molecule is CCOC(=O)C(=O)Nc1onc(-c2ccccc2)c1C(=O)OCC. The molecular formula is C16H16N2O6. The highest BCUT2D eigenvalue weighted by Crippen LogP contribution is 2.29. The summed E-state index contributed by atoms with van der Waals surface area (Å²) >= 11 is 0. The summed E-state index contributed by atoms with van der Waals surface area (Å²) in [5.74, 6) is -3.16. The van der Waals surface area contributed by atoms with Gasteiger partial charge in [-0.3, -0.25) is 10.1 Å². The van der Waals surface area contributed by atoms with Gasteiger partial charge in [0, 0.05) is 5.56 Å². The van der Waals surface area contributed by atoms with E-state index < -0.39 is 17.8 Å². The molecule has 0 radical (unpaired) electrons.